The molecule has 0 spiro atoms. The highest BCUT2D eigenvalue weighted by molar-refractivity contribution is 5.22. The number of rotatable bonds is 7. The topological polar surface area (TPSA) is 36.6 Å². The molecule has 0 fully saturated rings. The minimum atomic E-state index is -0.522. The highest BCUT2D eigenvalue weighted by Gasteiger charge is 2.15. The minimum absolute atomic E-state index is 0.522. The van der Waals surface area contributed by atoms with Crippen molar-refractivity contribution in [1.29, 1.82) is 0 Å². The average molecular weight is 321 g/mol. The van der Waals surface area contributed by atoms with Crippen LogP contribution in [0.2, 0.25) is 0 Å². The van der Waals surface area contributed by atoms with Crippen LogP contribution in [0, 0.1) is 6.92 Å². The van der Waals surface area contributed by atoms with E-state index < -0.39 is 6.10 Å². The Labute approximate surface area is 143 Å². The molecule has 3 rings (SSSR count). The van der Waals surface area contributed by atoms with E-state index >= 15 is 0 Å². The molecular weight excluding hydrogens is 298 g/mol. The van der Waals surface area contributed by atoms with E-state index in [1.54, 1.807) is 6.26 Å². The number of aliphatic hydroxyl groups excluding tert-OH is 1. The highest BCUT2D eigenvalue weighted by Crippen LogP contribution is 2.18. The van der Waals surface area contributed by atoms with Crippen molar-refractivity contribution in [3.8, 4) is 0 Å². The van der Waals surface area contributed by atoms with Gasteiger partial charge in [-0.3, -0.25) is 4.90 Å². The number of hydrogen-bond donors (Lipinski definition) is 1. The minimum Gasteiger partial charge on any atom is -0.468 e. The Morgan fingerprint density at radius 1 is 0.958 bits per heavy atom. The molecule has 0 aliphatic carbocycles. The predicted octanol–water partition coefficient (Wildman–Crippen LogP) is 4.32. The highest BCUT2D eigenvalue weighted by atomic mass is 16.3. The smallest absolute Gasteiger partial charge is 0.117 e. The normalized spacial score (nSPS) is 12.5. The molecule has 3 aromatic rings. The number of nitrogens with zero attached hydrogens (tertiary/aromatic N) is 1. The van der Waals surface area contributed by atoms with Crippen LogP contribution in [0.1, 0.15) is 28.6 Å². The quantitative estimate of drug-likeness (QED) is 0.704. The van der Waals surface area contributed by atoms with Crippen molar-refractivity contribution >= 4 is 0 Å². The molecule has 124 valence electrons. The Kier molecular flexibility index (Phi) is 5.47. The number of aryl methyl sites for hydroxylation is 1. The van der Waals surface area contributed by atoms with Gasteiger partial charge in [-0.1, -0.05) is 60.2 Å². The van der Waals surface area contributed by atoms with Gasteiger partial charge in [-0.05, 0) is 30.2 Å². The van der Waals surface area contributed by atoms with Gasteiger partial charge in [0.2, 0.25) is 0 Å². The van der Waals surface area contributed by atoms with Gasteiger partial charge in [-0.2, -0.15) is 0 Å². The van der Waals surface area contributed by atoms with E-state index in [-0.39, 0.29) is 0 Å². The lowest BCUT2D eigenvalue weighted by Crippen LogP contribution is -2.28. The molecular formula is C21H23NO2. The van der Waals surface area contributed by atoms with Gasteiger partial charge in [0.1, 0.15) is 5.76 Å². The molecule has 2 aromatic carbocycles. The molecule has 1 heterocycles. The van der Waals surface area contributed by atoms with Crippen molar-refractivity contribution in [2.24, 2.45) is 0 Å². The van der Waals surface area contributed by atoms with E-state index in [9.17, 15) is 5.11 Å². The van der Waals surface area contributed by atoms with Crippen LogP contribution >= 0.6 is 0 Å². The van der Waals surface area contributed by atoms with Crippen LogP contribution in [0.4, 0.5) is 0 Å². The third kappa shape index (κ3) is 4.57. The first-order valence-electron chi connectivity index (χ1n) is 8.24. The van der Waals surface area contributed by atoms with Crippen molar-refractivity contribution < 1.29 is 9.52 Å². The summed E-state index contributed by atoms with van der Waals surface area (Å²) in [5.41, 5.74) is 3.42. The third-order valence-corrected chi connectivity index (χ3v) is 4.06. The fourth-order valence-electron chi connectivity index (χ4n) is 2.90. The van der Waals surface area contributed by atoms with Crippen LogP contribution in [0.25, 0.3) is 0 Å². The van der Waals surface area contributed by atoms with Gasteiger partial charge >= 0.3 is 0 Å². The molecule has 24 heavy (non-hydrogen) atoms. The lowest BCUT2D eigenvalue weighted by molar-refractivity contribution is 0.100. The average Bonchev–Trinajstić information content (AvgIpc) is 3.08. The molecule has 1 unspecified atom stereocenters. The molecule has 0 saturated heterocycles. The molecule has 0 amide bonds. The number of benzene rings is 2. The van der Waals surface area contributed by atoms with E-state index in [4.69, 9.17) is 4.42 Å². The summed E-state index contributed by atoms with van der Waals surface area (Å²) in [5, 5.41) is 10.6. The number of hydrogen-bond acceptors (Lipinski definition) is 3. The Morgan fingerprint density at radius 3 is 2.50 bits per heavy atom. The second kappa shape index (κ2) is 7.95. The van der Waals surface area contributed by atoms with Crippen LogP contribution in [0.3, 0.4) is 0 Å². The van der Waals surface area contributed by atoms with E-state index in [2.05, 4.69) is 36.1 Å². The summed E-state index contributed by atoms with van der Waals surface area (Å²) in [5.74, 6) is 0.905. The summed E-state index contributed by atoms with van der Waals surface area (Å²) < 4.78 is 5.49. The van der Waals surface area contributed by atoms with Gasteiger partial charge in [0, 0.05) is 13.1 Å². The molecule has 1 atom stereocenters. The predicted molar refractivity (Wildman–Crippen MR) is 95.4 cm³/mol. The van der Waals surface area contributed by atoms with Crippen molar-refractivity contribution in [2.45, 2.75) is 26.1 Å². The summed E-state index contributed by atoms with van der Waals surface area (Å²) in [7, 11) is 0. The largest absolute Gasteiger partial charge is 0.468 e. The van der Waals surface area contributed by atoms with Crippen molar-refractivity contribution in [2.75, 3.05) is 6.54 Å². The molecule has 1 N–H and O–H groups in total. The van der Waals surface area contributed by atoms with E-state index in [0.29, 0.717) is 13.1 Å². The Morgan fingerprint density at radius 2 is 1.79 bits per heavy atom. The number of furan rings is 1. The van der Waals surface area contributed by atoms with Crippen LogP contribution in [0.5, 0.6) is 0 Å². The van der Waals surface area contributed by atoms with Gasteiger partial charge in [0.15, 0.2) is 0 Å². The second-order valence-corrected chi connectivity index (χ2v) is 6.16. The zero-order chi connectivity index (χ0) is 16.8. The monoisotopic (exact) mass is 321 g/mol. The first-order chi connectivity index (χ1) is 11.7. The summed E-state index contributed by atoms with van der Waals surface area (Å²) in [4.78, 5) is 2.21. The number of aliphatic hydroxyl groups is 1. The molecule has 1 aromatic heterocycles. The van der Waals surface area contributed by atoms with E-state index in [1.165, 1.54) is 11.1 Å². The van der Waals surface area contributed by atoms with Gasteiger partial charge in [0.25, 0.3) is 0 Å². The lowest BCUT2D eigenvalue weighted by Gasteiger charge is -2.24. The fraction of sp³-hybridized carbons (Fsp3) is 0.238. The van der Waals surface area contributed by atoms with Gasteiger partial charge in [-0.15, -0.1) is 0 Å². The first-order valence-corrected chi connectivity index (χ1v) is 8.24. The van der Waals surface area contributed by atoms with Gasteiger partial charge in [-0.25, -0.2) is 0 Å². The fourth-order valence-corrected chi connectivity index (χ4v) is 2.90. The lowest BCUT2D eigenvalue weighted by atomic mass is 10.1. The molecule has 0 radical (unpaired) electrons. The Bertz CT molecular complexity index is 738. The van der Waals surface area contributed by atoms with E-state index in [0.717, 1.165) is 17.9 Å². The zero-order valence-corrected chi connectivity index (χ0v) is 13.9. The van der Waals surface area contributed by atoms with Crippen molar-refractivity contribution in [3.63, 3.8) is 0 Å². The third-order valence-electron chi connectivity index (χ3n) is 4.06. The SMILES string of the molecule is Cc1cccc(CN(Cc2ccco2)CC(O)c2ccccc2)c1. The van der Waals surface area contributed by atoms with Gasteiger partial charge < -0.3 is 9.52 Å². The van der Waals surface area contributed by atoms with Crippen LogP contribution in [-0.4, -0.2) is 16.6 Å². The van der Waals surface area contributed by atoms with Crippen molar-refractivity contribution in [1.82, 2.24) is 4.90 Å². The van der Waals surface area contributed by atoms with E-state index in [1.807, 2.05) is 42.5 Å². The Hall–Kier alpha value is -2.36. The Balaban J connectivity index is 1.74. The first kappa shape index (κ1) is 16.5. The standard InChI is InChI=1S/C21H23NO2/c1-17-7-5-8-18(13-17)14-22(15-20-11-6-12-24-20)16-21(23)19-9-3-2-4-10-19/h2-13,21,23H,14-16H2,1H3. The maximum Gasteiger partial charge on any atom is 0.117 e. The molecule has 3 heteroatoms. The molecule has 0 bridgehead atoms. The maximum absolute atomic E-state index is 10.6. The summed E-state index contributed by atoms with van der Waals surface area (Å²) in [6.07, 6.45) is 1.17. The molecule has 0 aliphatic rings. The van der Waals surface area contributed by atoms with Gasteiger partial charge in [0.05, 0.1) is 18.9 Å². The summed E-state index contributed by atoms with van der Waals surface area (Å²) >= 11 is 0. The summed E-state index contributed by atoms with van der Waals surface area (Å²) in [6.45, 7) is 4.09. The summed E-state index contributed by atoms with van der Waals surface area (Å²) in [6, 6.07) is 22.1. The maximum atomic E-state index is 10.6. The second-order valence-electron chi connectivity index (χ2n) is 6.16. The molecule has 0 saturated carbocycles. The molecule has 3 nitrogen and oxygen atoms in total. The van der Waals surface area contributed by atoms with Crippen LogP contribution in [0.15, 0.2) is 77.4 Å². The van der Waals surface area contributed by atoms with Crippen molar-refractivity contribution in [3.05, 3.63) is 95.4 Å². The van der Waals surface area contributed by atoms with Crippen LogP contribution < -0.4 is 0 Å². The van der Waals surface area contributed by atoms with Crippen LogP contribution in [-0.2, 0) is 13.1 Å². The molecule has 0 aliphatic heterocycles. The zero-order valence-electron chi connectivity index (χ0n) is 13.9.